The van der Waals surface area contributed by atoms with Crippen LogP contribution in [0, 0.1) is 0 Å². The van der Waals surface area contributed by atoms with Gasteiger partial charge in [0, 0.05) is 31.6 Å². The predicted octanol–water partition coefficient (Wildman–Crippen LogP) is 6.58. The first-order chi connectivity index (χ1) is 26.1. The molecule has 2 aromatic carbocycles. The number of amides is 2. The van der Waals surface area contributed by atoms with Crippen molar-refractivity contribution in [2.45, 2.75) is 71.8 Å². The van der Waals surface area contributed by atoms with Crippen molar-refractivity contribution in [3.05, 3.63) is 88.6 Å². The van der Waals surface area contributed by atoms with Gasteiger partial charge < -0.3 is 19.5 Å². The van der Waals surface area contributed by atoms with Gasteiger partial charge in [-0.2, -0.15) is 5.10 Å². The van der Waals surface area contributed by atoms with Crippen molar-refractivity contribution in [2.24, 2.45) is 0 Å². The normalized spacial score (nSPS) is 13.2. The molecule has 0 spiro atoms. The van der Waals surface area contributed by atoms with Crippen molar-refractivity contribution < 1.29 is 41.8 Å². The highest BCUT2D eigenvalue weighted by Crippen LogP contribution is 2.25. The first-order valence-electron chi connectivity index (χ1n) is 17.7. The fourth-order valence-corrected chi connectivity index (χ4v) is 5.70. The van der Waals surface area contributed by atoms with Crippen LogP contribution in [0.15, 0.2) is 66.7 Å². The Labute approximate surface area is 316 Å². The molecule has 2 aromatic heterocycles. The van der Waals surface area contributed by atoms with Crippen molar-refractivity contribution in [3.8, 4) is 5.75 Å². The number of benzene rings is 2. The van der Waals surface area contributed by atoms with E-state index in [9.17, 15) is 27.6 Å². The Balaban J connectivity index is 0.000000439. The molecule has 1 fully saturated rings. The highest BCUT2D eigenvalue weighted by atomic mass is 32.1. The Kier molecular flexibility index (Phi) is 19.0. The van der Waals surface area contributed by atoms with Gasteiger partial charge in [-0.3, -0.25) is 24.6 Å². The van der Waals surface area contributed by atoms with E-state index in [0.29, 0.717) is 55.5 Å². The van der Waals surface area contributed by atoms with Crippen LogP contribution in [0.5, 0.6) is 5.75 Å². The molecule has 5 rings (SSSR count). The maximum atomic E-state index is 13.1. The number of alkyl halides is 3. The molecule has 1 aliphatic heterocycles. The van der Waals surface area contributed by atoms with Crippen LogP contribution in [-0.2, 0) is 43.1 Å². The summed E-state index contributed by atoms with van der Waals surface area (Å²) in [5, 5.41) is 22.6. The Morgan fingerprint density at radius 3 is 2.37 bits per heavy atom. The number of carbonyl (C=O) groups excluding carboxylic acids is 3. The number of aryl methyl sites for hydroxylation is 3. The summed E-state index contributed by atoms with van der Waals surface area (Å²) >= 11 is 1.29. The number of hydrogen-bond donors (Lipinski definition) is 2. The molecule has 0 bridgehead atoms. The second-order valence-corrected chi connectivity index (χ2v) is 12.5. The molecule has 54 heavy (non-hydrogen) atoms. The molecule has 1 atom stereocenters. The molecule has 17 heteroatoms. The lowest BCUT2D eigenvalue weighted by Gasteiger charge is -2.26. The van der Waals surface area contributed by atoms with E-state index in [1.54, 1.807) is 42.5 Å². The van der Waals surface area contributed by atoms with E-state index in [-0.39, 0.29) is 12.2 Å². The number of ether oxygens (including phenoxy) is 3. The largest absolute Gasteiger partial charge is 0.573 e. The number of esters is 1. The van der Waals surface area contributed by atoms with Gasteiger partial charge in [-0.25, -0.2) is 0 Å². The van der Waals surface area contributed by atoms with Gasteiger partial charge in [0.25, 0.3) is 5.91 Å². The number of nitrogens with one attached hydrogen (secondary N) is 2. The number of halogens is 3. The van der Waals surface area contributed by atoms with Crippen molar-refractivity contribution in [1.29, 1.82) is 0 Å². The fraction of sp³-hybridized carbons (Fsp3) is 0.432. The monoisotopic (exact) mass is 773 g/mol. The first-order valence-corrected chi connectivity index (χ1v) is 18.5. The van der Waals surface area contributed by atoms with Crippen LogP contribution >= 0.6 is 11.3 Å². The van der Waals surface area contributed by atoms with Gasteiger partial charge in [0.1, 0.15) is 10.8 Å². The number of carbonyl (C=O) groups is 3. The van der Waals surface area contributed by atoms with Gasteiger partial charge in [-0.1, -0.05) is 74.6 Å². The summed E-state index contributed by atoms with van der Waals surface area (Å²) < 4.78 is 50.0. The predicted molar refractivity (Wildman–Crippen MR) is 198 cm³/mol. The van der Waals surface area contributed by atoms with Gasteiger partial charge >= 0.3 is 12.3 Å². The Hall–Kier alpha value is -5.00. The topological polar surface area (TPSA) is 158 Å². The molecule has 0 radical (unpaired) electrons. The van der Waals surface area contributed by atoms with E-state index >= 15 is 0 Å². The van der Waals surface area contributed by atoms with E-state index in [2.05, 4.69) is 40.7 Å². The first kappa shape index (κ1) is 43.4. The molecular weight excluding hydrogens is 728 g/mol. The van der Waals surface area contributed by atoms with Crippen LogP contribution in [0.1, 0.15) is 68.0 Å². The maximum absolute atomic E-state index is 13.1. The summed E-state index contributed by atoms with van der Waals surface area (Å²) in [5.41, 5.74) is 2.24. The van der Waals surface area contributed by atoms with E-state index < -0.39 is 24.3 Å². The van der Waals surface area contributed by atoms with Gasteiger partial charge in [0.2, 0.25) is 17.6 Å². The third-order valence-electron chi connectivity index (χ3n) is 7.56. The van der Waals surface area contributed by atoms with Gasteiger partial charge in [-0.15, -0.1) is 28.5 Å². The zero-order valence-corrected chi connectivity index (χ0v) is 31.3. The summed E-state index contributed by atoms with van der Waals surface area (Å²) in [6, 6.07) is 18.4. The smallest absolute Gasteiger partial charge is 0.447 e. The van der Waals surface area contributed by atoms with Crippen LogP contribution in [0.2, 0.25) is 0 Å². The zero-order valence-electron chi connectivity index (χ0n) is 30.5. The molecule has 2 N–H and O–H groups in total. The summed E-state index contributed by atoms with van der Waals surface area (Å²) in [5.74, 6) is -0.668. The third kappa shape index (κ3) is 16.3. The van der Waals surface area contributed by atoms with Crippen LogP contribution in [0.3, 0.4) is 0 Å². The lowest BCUT2D eigenvalue weighted by Crippen LogP contribution is -2.38. The molecule has 0 aliphatic carbocycles. The van der Waals surface area contributed by atoms with Crippen molar-refractivity contribution in [3.63, 3.8) is 0 Å². The standard InChI is InChI=1S/C26H31N7O5S.C9H9F3O.C2H6/c34-18-27-21-11-10-20(29-30-21)8-4-5-9-22-31-32-26(39-22)28-25(36)24(19-6-2-1-3-7-19)38-23(35)12-13-33-14-16-37-17-15-33;1-2-7-4-3-5-8(6-7)13-9(10,11)12;1-2/h1-3,6-7,10-11,18,24H,4-5,8-9,12-17H2,(H,27,30,34)(H,28,32,36);3-6H,2H2,1H3;1-2H3. The number of anilines is 2. The number of unbranched alkanes of at least 4 members (excludes halogenated alkanes) is 1. The van der Waals surface area contributed by atoms with E-state index in [1.165, 1.54) is 23.5 Å². The fourth-order valence-electron chi connectivity index (χ4n) is 4.92. The van der Waals surface area contributed by atoms with E-state index in [1.807, 2.05) is 32.9 Å². The molecule has 1 unspecified atom stereocenters. The quantitative estimate of drug-likeness (QED) is 0.0720. The molecule has 3 heterocycles. The molecule has 2 amide bonds. The molecule has 1 aliphatic rings. The molecule has 0 saturated carbocycles. The lowest BCUT2D eigenvalue weighted by molar-refractivity contribution is -0.274. The average molecular weight is 774 g/mol. The molecule has 1 saturated heterocycles. The Morgan fingerprint density at radius 2 is 1.70 bits per heavy atom. The minimum absolute atomic E-state index is 0.160. The highest BCUT2D eigenvalue weighted by Gasteiger charge is 2.31. The molecule has 4 aromatic rings. The van der Waals surface area contributed by atoms with Crippen LogP contribution in [0.25, 0.3) is 0 Å². The second-order valence-electron chi connectivity index (χ2n) is 11.4. The SMILES string of the molecule is CC.CCc1cccc(OC(F)(F)F)c1.O=CNc1ccc(CCCCc2nnc(NC(=O)C(OC(=O)CCN3CCOCC3)c3ccccc3)s2)nn1. The number of rotatable bonds is 16. The van der Waals surface area contributed by atoms with Crippen LogP contribution in [0.4, 0.5) is 24.1 Å². The highest BCUT2D eigenvalue weighted by molar-refractivity contribution is 7.15. The van der Waals surface area contributed by atoms with Gasteiger partial charge in [0.05, 0.1) is 25.3 Å². The molecule has 13 nitrogen and oxygen atoms in total. The van der Waals surface area contributed by atoms with Gasteiger partial charge in [0.15, 0.2) is 5.82 Å². The van der Waals surface area contributed by atoms with Crippen LogP contribution in [-0.4, -0.2) is 82.8 Å². The lowest BCUT2D eigenvalue weighted by atomic mass is 10.1. The number of nitrogens with zero attached hydrogens (tertiary/aromatic N) is 5. The Bertz CT molecular complexity index is 1690. The van der Waals surface area contributed by atoms with Crippen molar-refractivity contribution >= 4 is 40.6 Å². The minimum atomic E-state index is -4.60. The second kappa shape index (κ2) is 23.6. The van der Waals surface area contributed by atoms with E-state index in [0.717, 1.165) is 48.6 Å². The summed E-state index contributed by atoms with van der Waals surface area (Å²) in [6.45, 7) is 9.27. The molecule has 292 valence electrons. The Morgan fingerprint density at radius 1 is 0.963 bits per heavy atom. The number of hydrogen-bond acceptors (Lipinski definition) is 12. The summed E-state index contributed by atoms with van der Waals surface area (Å²) in [4.78, 5) is 38.3. The van der Waals surface area contributed by atoms with Crippen molar-refractivity contribution in [2.75, 3.05) is 43.5 Å². The molecular formula is C37H46F3N7O6S. The number of morpholine rings is 1. The number of aromatic nitrogens is 4. The zero-order chi connectivity index (χ0) is 39.2. The summed E-state index contributed by atoms with van der Waals surface area (Å²) in [6.07, 6.45) is -1.10. The minimum Gasteiger partial charge on any atom is -0.447 e. The average Bonchev–Trinajstić information content (AvgIpc) is 3.63. The van der Waals surface area contributed by atoms with Gasteiger partial charge in [-0.05, 0) is 55.5 Å². The maximum Gasteiger partial charge on any atom is 0.573 e. The van der Waals surface area contributed by atoms with Crippen molar-refractivity contribution in [1.82, 2.24) is 25.3 Å². The van der Waals surface area contributed by atoms with E-state index in [4.69, 9.17) is 9.47 Å². The van der Waals surface area contributed by atoms with Crippen LogP contribution < -0.4 is 15.4 Å². The third-order valence-corrected chi connectivity index (χ3v) is 8.46. The summed E-state index contributed by atoms with van der Waals surface area (Å²) in [7, 11) is 0.